The van der Waals surface area contributed by atoms with E-state index in [1.807, 2.05) is 22.9 Å². The maximum Gasteiger partial charge on any atom is 0.255 e. The molecule has 0 saturated heterocycles. The second kappa shape index (κ2) is 7.44. The number of amides is 2. The van der Waals surface area contributed by atoms with Crippen molar-refractivity contribution in [3.63, 3.8) is 0 Å². The topological polar surface area (TPSA) is 76.0 Å². The van der Waals surface area contributed by atoms with E-state index < -0.39 is 0 Å². The Hall–Kier alpha value is -3.41. The summed E-state index contributed by atoms with van der Waals surface area (Å²) in [5.41, 5.74) is 2.92. The molecule has 0 bridgehead atoms. The van der Waals surface area contributed by atoms with Crippen molar-refractivity contribution in [1.82, 2.24) is 9.55 Å². The van der Waals surface area contributed by atoms with Gasteiger partial charge in [-0.2, -0.15) is 0 Å². The Morgan fingerprint density at radius 2 is 1.76 bits per heavy atom. The summed E-state index contributed by atoms with van der Waals surface area (Å²) in [5.74, 6) is -0.355. The van der Waals surface area contributed by atoms with Gasteiger partial charge in [0.25, 0.3) is 5.91 Å². The quantitative estimate of drug-likeness (QED) is 0.752. The number of nitrogens with one attached hydrogen (secondary N) is 2. The molecule has 1 aromatic heterocycles. The van der Waals surface area contributed by atoms with Gasteiger partial charge in [-0.05, 0) is 35.9 Å². The lowest BCUT2D eigenvalue weighted by Crippen LogP contribution is -2.12. The summed E-state index contributed by atoms with van der Waals surface area (Å²) in [7, 11) is 0. The highest BCUT2D eigenvalue weighted by Gasteiger charge is 2.07. The molecule has 2 N–H and O–H groups in total. The number of rotatable bonds is 5. The van der Waals surface area contributed by atoms with Crippen LogP contribution in [0.3, 0.4) is 0 Å². The third kappa shape index (κ3) is 4.54. The number of hydrogen-bond donors (Lipinski definition) is 2. The van der Waals surface area contributed by atoms with Crippen molar-refractivity contribution >= 4 is 23.2 Å². The van der Waals surface area contributed by atoms with Crippen LogP contribution in [0.4, 0.5) is 11.4 Å². The Morgan fingerprint density at radius 1 is 1.04 bits per heavy atom. The molecule has 3 aromatic rings. The lowest BCUT2D eigenvalue weighted by Gasteiger charge is -2.09. The van der Waals surface area contributed by atoms with E-state index in [9.17, 15) is 9.59 Å². The Bertz CT molecular complexity index is 871. The molecule has 0 unspecified atom stereocenters. The van der Waals surface area contributed by atoms with Gasteiger partial charge in [-0.3, -0.25) is 9.59 Å². The zero-order chi connectivity index (χ0) is 17.6. The summed E-state index contributed by atoms with van der Waals surface area (Å²) in [5, 5.41) is 5.52. The second-order valence-electron chi connectivity index (χ2n) is 5.65. The van der Waals surface area contributed by atoms with Gasteiger partial charge < -0.3 is 15.2 Å². The van der Waals surface area contributed by atoms with E-state index in [1.54, 1.807) is 48.9 Å². The van der Waals surface area contributed by atoms with E-state index in [2.05, 4.69) is 15.6 Å². The number of imidazole rings is 1. The molecule has 0 fully saturated rings. The van der Waals surface area contributed by atoms with E-state index in [0.29, 0.717) is 23.5 Å². The number of nitrogens with zero attached hydrogens (tertiary/aromatic N) is 2. The minimum atomic E-state index is -0.200. The van der Waals surface area contributed by atoms with Gasteiger partial charge >= 0.3 is 0 Å². The van der Waals surface area contributed by atoms with Crippen LogP contribution < -0.4 is 10.6 Å². The number of carbonyl (C=O) groups is 2. The van der Waals surface area contributed by atoms with Crippen LogP contribution >= 0.6 is 0 Å². The first-order valence-corrected chi connectivity index (χ1v) is 7.84. The zero-order valence-corrected chi connectivity index (χ0v) is 13.8. The standard InChI is InChI=1S/C19H18N4O2/c1-14(24)21-17-3-2-4-18(11-17)22-19(25)16-7-5-15(6-8-16)12-23-10-9-20-13-23/h2-11,13H,12H2,1H3,(H,21,24)(H,22,25). The number of carbonyl (C=O) groups excluding carboxylic acids is 2. The second-order valence-corrected chi connectivity index (χ2v) is 5.65. The van der Waals surface area contributed by atoms with Gasteiger partial charge in [0.2, 0.25) is 5.91 Å². The molecule has 0 spiro atoms. The van der Waals surface area contributed by atoms with Crippen LogP contribution in [0.25, 0.3) is 0 Å². The number of anilines is 2. The van der Waals surface area contributed by atoms with Crippen LogP contribution in [0.15, 0.2) is 67.3 Å². The van der Waals surface area contributed by atoms with Crippen LogP contribution in [0.5, 0.6) is 0 Å². The van der Waals surface area contributed by atoms with Crippen molar-refractivity contribution in [3.05, 3.63) is 78.4 Å². The van der Waals surface area contributed by atoms with E-state index in [0.717, 1.165) is 5.56 Å². The molecule has 1 heterocycles. The molecule has 0 radical (unpaired) electrons. The summed E-state index contributed by atoms with van der Waals surface area (Å²) >= 11 is 0. The van der Waals surface area contributed by atoms with E-state index in [4.69, 9.17) is 0 Å². The van der Waals surface area contributed by atoms with Crippen LogP contribution in [-0.2, 0) is 11.3 Å². The molecule has 25 heavy (non-hydrogen) atoms. The minimum absolute atomic E-state index is 0.156. The minimum Gasteiger partial charge on any atom is -0.333 e. The largest absolute Gasteiger partial charge is 0.333 e. The molecular formula is C19H18N4O2. The molecular weight excluding hydrogens is 316 g/mol. The highest BCUT2D eigenvalue weighted by molar-refractivity contribution is 6.04. The predicted octanol–water partition coefficient (Wildman–Crippen LogP) is 3.14. The van der Waals surface area contributed by atoms with Gasteiger partial charge in [0.05, 0.1) is 6.33 Å². The van der Waals surface area contributed by atoms with Crippen molar-refractivity contribution in [2.75, 3.05) is 10.6 Å². The predicted molar refractivity (Wildman–Crippen MR) is 96.5 cm³/mol. The van der Waals surface area contributed by atoms with E-state index in [-0.39, 0.29) is 11.8 Å². The summed E-state index contributed by atoms with van der Waals surface area (Å²) in [6.45, 7) is 2.15. The Labute approximate surface area is 145 Å². The molecule has 0 aliphatic carbocycles. The van der Waals surface area contributed by atoms with Crippen LogP contribution in [0.1, 0.15) is 22.8 Å². The molecule has 0 aliphatic rings. The average Bonchev–Trinajstić information content (AvgIpc) is 3.08. The van der Waals surface area contributed by atoms with Crippen molar-refractivity contribution in [3.8, 4) is 0 Å². The third-order valence-electron chi connectivity index (χ3n) is 3.58. The molecule has 6 nitrogen and oxygen atoms in total. The highest BCUT2D eigenvalue weighted by Crippen LogP contribution is 2.16. The summed E-state index contributed by atoms with van der Waals surface area (Å²) < 4.78 is 1.96. The van der Waals surface area contributed by atoms with Crippen LogP contribution in [0, 0.1) is 0 Å². The lowest BCUT2D eigenvalue weighted by molar-refractivity contribution is -0.114. The monoisotopic (exact) mass is 334 g/mol. The molecule has 0 aliphatic heterocycles. The van der Waals surface area contributed by atoms with Gasteiger partial charge in [-0.15, -0.1) is 0 Å². The summed E-state index contributed by atoms with van der Waals surface area (Å²) in [6, 6.07) is 14.4. The van der Waals surface area contributed by atoms with E-state index in [1.165, 1.54) is 6.92 Å². The zero-order valence-electron chi connectivity index (χ0n) is 13.8. The number of hydrogen-bond acceptors (Lipinski definition) is 3. The molecule has 2 aromatic carbocycles. The first-order valence-electron chi connectivity index (χ1n) is 7.84. The Balaban J connectivity index is 1.66. The molecule has 2 amide bonds. The van der Waals surface area contributed by atoms with Crippen molar-refractivity contribution in [2.45, 2.75) is 13.5 Å². The maximum atomic E-state index is 12.4. The Morgan fingerprint density at radius 3 is 2.40 bits per heavy atom. The first-order chi connectivity index (χ1) is 12.1. The van der Waals surface area contributed by atoms with Gasteiger partial charge in [0.1, 0.15) is 0 Å². The number of benzene rings is 2. The summed E-state index contributed by atoms with van der Waals surface area (Å²) in [6.07, 6.45) is 5.38. The molecule has 0 saturated carbocycles. The summed E-state index contributed by atoms with van der Waals surface area (Å²) in [4.78, 5) is 27.5. The fourth-order valence-electron chi connectivity index (χ4n) is 2.43. The Kier molecular flexibility index (Phi) is 4.89. The van der Waals surface area contributed by atoms with Crippen LogP contribution in [0.2, 0.25) is 0 Å². The molecule has 6 heteroatoms. The van der Waals surface area contributed by atoms with Crippen molar-refractivity contribution in [1.29, 1.82) is 0 Å². The van der Waals surface area contributed by atoms with E-state index >= 15 is 0 Å². The van der Waals surface area contributed by atoms with Crippen molar-refractivity contribution in [2.24, 2.45) is 0 Å². The van der Waals surface area contributed by atoms with Gasteiger partial charge in [0.15, 0.2) is 0 Å². The molecule has 126 valence electrons. The SMILES string of the molecule is CC(=O)Nc1cccc(NC(=O)c2ccc(Cn3ccnc3)cc2)c1. The van der Waals surface area contributed by atoms with Gasteiger partial charge in [-0.25, -0.2) is 4.98 Å². The van der Waals surface area contributed by atoms with Crippen molar-refractivity contribution < 1.29 is 9.59 Å². The third-order valence-corrected chi connectivity index (χ3v) is 3.58. The van der Waals surface area contributed by atoms with Gasteiger partial charge in [0, 0.05) is 42.8 Å². The fourth-order valence-corrected chi connectivity index (χ4v) is 2.43. The average molecular weight is 334 g/mol. The smallest absolute Gasteiger partial charge is 0.255 e. The molecule has 0 atom stereocenters. The fraction of sp³-hybridized carbons (Fsp3) is 0.105. The normalized spacial score (nSPS) is 10.3. The number of aromatic nitrogens is 2. The van der Waals surface area contributed by atoms with Crippen LogP contribution in [-0.4, -0.2) is 21.4 Å². The molecule has 3 rings (SSSR count). The van der Waals surface area contributed by atoms with Gasteiger partial charge in [-0.1, -0.05) is 18.2 Å². The maximum absolute atomic E-state index is 12.4. The highest BCUT2D eigenvalue weighted by atomic mass is 16.2. The lowest BCUT2D eigenvalue weighted by atomic mass is 10.1. The first kappa shape index (κ1) is 16.4.